The summed E-state index contributed by atoms with van der Waals surface area (Å²) in [7, 11) is 0. The van der Waals surface area contributed by atoms with E-state index in [0.717, 1.165) is 37.8 Å². The van der Waals surface area contributed by atoms with E-state index in [1.165, 1.54) is 51.4 Å². The molecular weight excluding hydrogens is 410 g/mol. The molecule has 2 atom stereocenters. The maximum atomic E-state index is 13.2. The summed E-state index contributed by atoms with van der Waals surface area (Å²) in [5.41, 5.74) is 1.47. The van der Waals surface area contributed by atoms with Crippen molar-refractivity contribution in [2.45, 2.75) is 117 Å². The zero-order valence-corrected chi connectivity index (χ0v) is 20.7. The number of hydrogen-bond acceptors (Lipinski definition) is 3. The number of carbonyl (C=O) groups excluding carboxylic acids is 1. The van der Waals surface area contributed by atoms with E-state index in [1.54, 1.807) is 4.52 Å². The van der Waals surface area contributed by atoms with Crippen LogP contribution in [0.15, 0.2) is 0 Å². The molecule has 2 rings (SSSR count). The number of halogens is 1. The summed E-state index contributed by atoms with van der Waals surface area (Å²) in [6.45, 7) is 8.44. The van der Waals surface area contributed by atoms with Crippen molar-refractivity contribution in [3.63, 3.8) is 0 Å². The maximum Gasteiger partial charge on any atom is 0.223 e. The fourth-order valence-electron chi connectivity index (χ4n) is 4.19. The third-order valence-electron chi connectivity index (χ3n) is 6.21. The molecule has 1 amide bonds. The summed E-state index contributed by atoms with van der Waals surface area (Å²) in [5.74, 6) is 0.947. The lowest BCUT2D eigenvalue weighted by Gasteiger charge is -2.21. The van der Waals surface area contributed by atoms with E-state index in [2.05, 4.69) is 41.4 Å². The first-order valence-electron chi connectivity index (χ1n) is 12.4. The predicted octanol–water partition coefficient (Wildman–Crippen LogP) is 6.92. The van der Waals surface area contributed by atoms with E-state index in [9.17, 15) is 4.79 Å². The number of aryl methyl sites for hydroxylation is 1. The molecule has 0 aliphatic carbocycles. The molecule has 0 aliphatic heterocycles. The van der Waals surface area contributed by atoms with Gasteiger partial charge >= 0.3 is 0 Å². The third kappa shape index (κ3) is 7.51. The molecule has 2 unspecified atom stereocenters. The molecule has 6 nitrogen and oxygen atoms in total. The summed E-state index contributed by atoms with van der Waals surface area (Å²) >= 11 is 6.30. The number of carbonyl (C=O) groups is 1. The molecule has 0 aliphatic rings. The van der Waals surface area contributed by atoms with Crippen LogP contribution in [0.1, 0.15) is 122 Å². The van der Waals surface area contributed by atoms with Crippen molar-refractivity contribution < 1.29 is 4.79 Å². The minimum absolute atomic E-state index is 0.0782. The van der Waals surface area contributed by atoms with Gasteiger partial charge in [-0.15, -0.1) is 10.2 Å². The van der Waals surface area contributed by atoms with Gasteiger partial charge in [-0.05, 0) is 26.2 Å². The smallest absolute Gasteiger partial charge is 0.223 e. The van der Waals surface area contributed by atoms with Gasteiger partial charge in [0.05, 0.1) is 11.7 Å². The number of H-pyrrole nitrogens is 1. The summed E-state index contributed by atoms with van der Waals surface area (Å²) in [4.78, 5) is 13.2. The first kappa shape index (κ1) is 25.7. The quantitative estimate of drug-likeness (QED) is 0.272. The van der Waals surface area contributed by atoms with Crippen molar-refractivity contribution in [3.8, 4) is 0 Å². The fourth-order valence-corrected chi connectivity index (χ4v) is 4.36. The molecule has 0 aromatic carbocycles. The van der Waals surface area contributed by atoms with Crippen molar-refractivity contribution in [3.05, 3.63) is 16.5 Å². The first-order valence-corrected chi connectivity index (χ1v) is 12.8. The van der Waals surface area contributed by atoms with Crippen LogP contribution in [0.2, 0.25) is 5.02 Å². The zero-order valence-electron chi connectivity index (χ0n) is 20.0. The van der Waals surface area contributed by atoms with Gasteiger partial charge in [0.1, 0.15) is 5.02 Å². The normalized spacial score (nSPS) is 13.6. The highest BCUT2D eigenvalue weighted by Crippen LogP contribution is 2.25. The van der Waals surface area contributed by atoms with Gasteiger partial charge in [-0.25, -0.2) is 4.52 Å². The molecule has 7 heteroatoms. The number of hydrogen-bond donors (Lipinski definition) is 2. The monoisotopic (exact) mass is 451 g/mol. The molecule has 2 aromatic rings. The number of rotatable bonds is 16. The van der Waals surface area contributed by atoms with Crippen LogP contribution in [0, 0.1) is 12.8 Å². The summed E-state index contributed by atoms with van der Waals surface area (Å²) < 4.78 is 1.80. The second kappa shape index (κ2) is 13.8. The lowest BCUT2D eigenvalue weighted by Crippen LogP contribution is -2.35. The summed E-state index contributed by atoms with van der Waals surface area (Å²) in [5, 5.41) is 15.6. The highest BCUT2D eigenvalue weighted by Gasteiger charge is 2.25. The molecule has 0 bridgehead atoms. The SMILES string of the molecule is CCCCCCCCC(CCCCCC)C(=O)NC(CC)c1nnc2c(Cl)c(C)[nH]n12. The Balaban J connectivity index is 1.99. The fraction of sp³-hybridized carbons (Fsp3) is 0.792. The zero-order chi connectivity index (χ0) is 22.6. The van der Waals surface area contributed by atoms with Crippen LogP contribution in [-0.4, -0.2) is 25.7 Å². The van der Waals surface area contributed by atoms with E-state index in [0.29, 0.717) is 16.5 Å². The van der Waals surface area contributed by atoms with E-state index >= 15 is 0 Å². The van der Waals surface area contributed by atoms with Crippen molar-refractivity contribution in [2.24, 2.45) is 5.92 Å². The largest absolute Gasteiger partial charge is 0.346 e. The van der Waals surface area contributed by atoms with Gasteiger partial charge in [-0.1, -0.05) is 96.6 Å². The molecule has 2 N–H and O–H groups in total. The van der Waals surface area contributed by atoms with Crippen LogP contribution in [0.3, 0.4) is 0 Å². The predicted molar refractivity (Wildman–Crippen MR) is 129 cm³/mol. The Labute approximate surface area is 192 Å². The molecule has 2 heterocycles. The van der Waals surface area contributed by atoms with Gasteiger partial charge in [0.25, 0.3) is 0 Å². The second-order valence-corrected chi connectivity index (χ2v) is 9.22. The Bertz CT molecular complexity index is 784. The highest BCUT2D eigenvalue weighted by molar-refractivity contribution is 6.34. The Morgan fingerprint density at radius 1 is 0.968 bits per heavy atom. The van der Waals surface area contributed by atoms with Crippen LogP contribution in [-0.2, 0) is 4.79 Å². The van der Waals surface area contributed by atoms with E-state index in [4.69, 9.17) is 11.6 Å². The minimum Gasteiger partial charge on any atom is -0.346 e. The topological polar surface area (TPSA) is 75.1 Å². The molecule has 2 aromatic heterocycles. The van der Waals surface area contributed by atoms with Crippen molar-refractivity contribution >= 4 is 23.2 Å². The molecule has 0 spiro atoms. The molecule has 31 heavy (non-hydrogen) atoms. The van der Waals surface area contributed by atoms with Gasteiger partial charge in [-0.3, -0.25) is 9.89 Å². The number of fused-ring (bicyclic) bond motifs is 1. The van der Waals surface area contributed by atoms with Crippen molar-refractivity contribution in [1.29, 1.82) is 0 Å². The van der Waals surface area contributed by atoms with Crippen molar-refractivity contribution in [2.75, 3.05) is 0 Å². The molecule has 0 fully saturated rings. The van der Waals surface area contributed by atoms with Crippen LogP contribution in [0.5, 0.6) is 0 Å². The third-order valence-corrected chi connectivity index (χ3v) is 6.67. The van der Waals surface area contributed by atoms with Gasteiger partial charge < -0.3 is 5.32 Å². The van der Waals surface area contributed by atoms with Gasteiger partial charge in [0, 0.05) is 5.92 Å². The number of aromatic amines is 1. The Hall–Kier alpha value is -1.56. The van der Waals surface area contributed by atoms with Gasteiger partial charge in [0.15, 0.2) is 11.5 Å². The average molecular weight is 452 g/mol. The van der Waals surface area contributed by atoms with Crippen LogP contribution < -0.4 is 5.32 Å². The van der Waals surface area contributed by atoms with E-state index in [-0.39, 0.29) is 17.9 Å². The molecule has 0 saturated heterocycles. The summed E-state index contributed by atoms with van der Waals surface area (Å²) in [6.07, 6.45) is 15.0. The van der Waals surface area contributed by atoms with E-state index < -0.39 is 0 Å². The van der Waals surface area contributed by atoms with E-state index in [1.807, 2.05) is 6.92 Å². The average Bonchev–Trinajstić information content (AvgIpc) is 3.29. The number of amides is 1. The molecule has 0 radical (unpaired) electrons. The number of nitrogens with zero attached hydrogens (tertiary/aromatic N) is 3. The Morgan fingerprint density at radius 2 is 1.55 bits per heavy atom. The lowest BCUT2D eigenvalue weighted by molar-refractivity contribution is -0.126. The molecule has 176 valence electrons. The van der Waals surface area contributed by atoms with Crippen molar-refractivity contribution in [1.82, 2.24) is 25.1 Å². The van der Waals surface area contributed by atoms with Crippen LogP contribution in [0.4, 0.5) is 0 Å². The minimum atomic E-state index is -0.181. The molecular formula is C24H42ClN5O. The Morgan fingerprint density at radius 3 is 2.16 bits per heavy atom. The highest BCUT2D eigenvalue weighted by atomic mass is 35.5. The number of nitrogens with one attached hydrogen (secondary N) is 2. The second-order valence-electron chi connectivity index (χ2n) is 8.84. The van der Waals surface area contributed by atoms with Gasteiger partial charge in [-0.2, -0.15) is 0 Å². The van der Waals surface area contributed by atoms with Crippen LogP contribution in [0.25, 0.3) is 5.65 Å². The summed E-state index contributed by atoms with van der Waals surface area (Å²) in [6, 6.07) is -0.181. The molecule has 0 saturated carbocycles. The lowest BCUT2D eigenvalue weighted by atomic mass is 9.93. The number of unbranched alkanes of at least 4 members (excludes halogenated alkanes) is 8. The first-order chi connectivity index (χ1) is 15.0. The number of aromatic nitrogens is 4. The van der Waals surface area contributed by atoms with Crippen LogP contribution >= 0.6 is 11.6 Å². The van der Waals surface area contributed by atoms with Gasteiger partial charge in [0.2, 0.25) is 5.91 Å². The maximum absolute atomic E-state index is 13.2. The Kier molecular flexibility index (Phi) is 11.4. The standard InChI is InChI=1S/C24H42ClN5O/c1-5-8-10-12-13-15-17-19(16-14-11-9-6-2)24(31)26-20(7-3)22-27-28-23-21(25)18(4)29-30(22)23/h19-20,29H,5-17H2,1-4H3,(H,26,31).